The van der Waals surface area contributed by atoms with Crippen LogP contribution < -0.4 is 10.9 Å². The summed E-state index contributed by atoms with van der Waals surface area (Å²) in [7, 11) is 0. The van der Waals surface area contributed by atoms with Crippen molar-refractivity contribution in [2.24, 2.45) is 5.92 Å². The van der Waals surface area contributed by atoms with Gasteiger partial charge in [0.2, 0.25) is 0 Å². The number of aromatic nitrogens is 2. The minimum atomic E-state index is -0.206. The number of carbonyl (C=O) groups is 1. The number of nitrogens with zero attached hydrogens (tertiary/aromatic N) is 3. The van der Waals surface area contributed by atoms with Gasteiger partial charge in [0.15, 0.2) is 0 Å². The van der Waals surface area contributed by atoms with Crippen molar-refractivity contribution in [1.82, 2.24) is 14.3 Å². The summed E-state index contributed by atoms with van der Waals surface area (Å²) in [5.41, 5.74) is 0.744. The first-order valence-corrected chi connectivity index (χ1v) is 12.7. The van der Waals surface area contributed by atoms with Gasteiger partial charge < -0.3 is 5.32 Å². The van der Waals surface area contributed by atoms with E-state index in [0.29, 0.717) is 45.3 Å². The van der Waals surface area contributed by atoms with Crippen LogP contribution in [0.2, 0.25) is 0 Å². The highest BCUT2D eigenvalue weighted by Crippen LogP contribution is 2.33. The van der Waals surface area contributed by atoms with E-state index in [2.05, 4.69) is 31.1 Å². The number of hydrogen-bond donors (Lipinski definition) is 1. The van der Waals surface area contributed by atoms with Crippen LogP contribution in [0.15, 0.2) is 34.1 Å². The lowest BCUT2D eigenvalue weighted by Gasteiger charge is -2.14. The van der Waals surface area contributed by atoms with Crippen LogP contribution in [0.3, 0.4) is 0 Å². The molecule has 2 aromatic rings. The fraction of sp³-hybridized carbons (Fsp3) is 0.500. The SMILES string of the molecule is CCCCCCCCN1C(=O)/C(=C/c2c(NCC(C)C)nc3ccccn3c2=O)SC1=S. The van der Waals surface area contributed by atoms with E-state index in [9.17, 15) is 9.59 Å². The second-order valence-corrected chi connectivity index (χ2v) is 10.2. The molecule has 32 heavy (non-hydrogen) atoms. The van der Waals surface area contributed by atoms with Crippen LogP contribution in [0.1, 0.15) is 64.9 Å². The molecule has 0 bridgehead atoms. The number of anilines is 1. The number of unbranched alkanes of at least 4 members (excludes halogenated alkanes) is 5. The largest absolute Gasteiger partial charge is 0.369 e. The Balaban J connectivity index is 1.83. The molecule has 0 atom stereocenters. The molecule has 1 amide bonds. The molecule has 1 aliphatic rings. The van der Waals surface area contributed by atoms with Crippen molar-refractivity contribution >= 4 is 51.7 Å². The van der Waals surface area contributed by atoms with Crippen molar-refractivity contribution in [3.8, 4) is 0 Å². The third kappa shape index (κ3) is 5.98. The number of amides is 1. The van der Waals surface area contributed by atoms with E-state index in [1.807, 2.05) is 6.07 Å². The molecule has 1 aliphatic heterocycles. The zero-order valence-corrected chi connectivity index (χ0v) is 20.7. The topological polar surface area (TPSA) is 66.7 Å². The minimum absolute atomic E-state index is 0.124. The van der Waals surface area contributed by atoms with E-state index in [1.165, 1.54) is 41.8 Å². The Morgan fingerprint density at radius 3 is 2.66 bits per heavy atom. The summed E-state index contributed by atoms with van der Waals surface area (Å²) in [5.74, 6) is 0.756. The fourth-order valence-electron chi connectivity index (χ4n) is 3.54. The third-order valence-corrected chi connectivity index (χ3v) is 6.71. The minimum Gasteiger partial charge on any atom is -0.369 e. The van der Waals surface area contributed by atoms with E-state index in [-0.39, 0.29) is 11.5 Å². The molecule has 1 fully saturated rings. The van der Waals surface area contributed by atoms with Gasteiger partial charge in [0, 0.05) is 19.3 Å². The van der Waals surface area contributed by atoms with Crippen molar-refractivity contribution < 1.29 is 4.79 Å². The number of fused-ring (bicyclic) bond motifs is 1. The lowest BCUT2D eigenvalue weighted by Crippen LogP contribution is -2.29. The second-order valence-electron chi connectivity index (χ2n) is 8.48. The normalized spacial score (nSPS) is 15.5. The van der Waals surface area contributed by atoms with Crippen LogP contribution in [0.5, 0.6) is 0 Å². The Morgan fingerprint density at radius 1 is 1.16 bits per heavy atom. The molecular weight excluding hydrogens is 440 g/mol. The van der Waals surface area contributed by atoms with E-state index in [0.717, 1.165) is 12.8 Å². The van der Waals surface area contributed by atoms with Crippen molar-refractivity contribution in [2.45, 2.75) is 59.3 Å². The highest BCUT2D eigenvalue weighted by atomic mass is 32.2. The lowest BCUT2D eigenvalue weighted by molar-refractivity contribution is -0.122. The number of pyridine rings is 1. The Morgan fingerprint density at radius 2 is 1.91 bits per heavy atom. The number of carbonyl (C=O) groups excluding carboxylic acids is 1. The van der Waals surface area contributed by atoms with Gasteiger partial charge in [0.05, 0.1) is 10.5 Å². The average molecular weight is 473 g/mol. The van der Waals surface area contributed by atoms with E-state index >= 15 is 0 Å². The van der Waals surface area contributed by atoms with Gasteiger partial charge in [-0.3, -0.25) is 18.9 Å². The average Bonchev–Trinajstić information content (AvgIpc) is 3.04. The Labute approximate surface area is 199 Å². The van der Waals surface area contributed by atoms with Gasteiger partial charge in [-0.15, -0.1) is 0 Å². The molecule has 0 spiro atoms. The summed E-state index contributed by atoms with van der Waals surface area (Å²) in [5, 5.41) is 3.28. The van der Waals surface area contributed by atoms with Crippen LogP contribution in [0.4, 0.5) is 5.82 Å². The lowest BCUT2D eigenvalue weighted by atomic mass is 10.1. The summed E-state index contributed by atoms with van der Waals surface area (Å²) in [4.78, 5) is 33.0. The summed E-state index contributed by atoms with van der Waals surface area (Å²) >= 11 is 6.73. The van der Waals surface area contributed by atoms with Gasteiger partial charge in [-0.05, 0) is 30.5 Å². The highest BCUT2D eigenvalue weighted by molar-refractivity contribution is 8.26. The molecule has 0 aromatic carbocycles. The first-order chi connectivity index (χ1) is 15.4. The molecule has 1 saturated heterocycles. The number of nitrogens with one attached hydrogen (secondary N) is 1. The summed E-state index contributed by atoms with van der Waals surface area (Å²) in [6.45, 7) is 7.69. The third-order valence-electron chi connectivity index (χ3n) is 5.33. The standard InChI is InChI=1S/C24H32N4O2S2/c1-4-5-6-7-8-10-14-28-23(30)19(32-24(28)31)15-18-21(25-16-17(2)3)26-20-12-9-11-13-27(20)22(18)29/h9,11-13,15,17,25H,4-8,10,14,16H2,1-3H3/b19-15-. The zero-order chi connectivity index (χ0) is 23.1. The molecule has 0 saturated carbocycles. The molecule has 0 radical (unpaired) electrons. The molecule has 3 rings (SSSR count). The molecule has 2 aromatic heterocycles. The Hall–Kier alpha value is -2.19. The van der Waals surface area contributed by atoms with Gasteiger partial charge in [0.1, 0.15) is 15.8 Å². The molecule has 0 aliphatic carbocycles. The van der Waals surface area contributed by atoms with Crippen LogP contribution in [0.25, 0.3) is 11.7 Å². The fourth-order valence-corrected chi connectivity index (χ4v) is 4.83. The smallest absolute Gasteiger partial charge is 0.267 e. The van der Waals surface area contributed by atoms with Crippen LogP contribution >= 0.6 is 24.0 Å². The quantitative estimate of drug-likeness (QED) is 0.271. The van der Waals surface area contributed by atoms with Crippen molar-refractivity contribution in [2.75, 3.05) is 18.4 Å². The molecule has 0 unspecified atom stereocenters. The van der Waals surface area contributed by atoms with Gasteiger partial charge in [0.25, 0.3) is 11.5 Å². The maximum atomic E-state index is 13.2. The molecule has 6 nitrogen and oxygen atoms in total. The van der Waals surface area contributed by atoms with Crippen LogP contribution in [-0.4, -0.2) is 37.6 Å². The molecule has 1 N–H and O–H groups in total. The number of thiocarbonyl (C=S) groups is 1. The van der Waals surface area contributed by atoms with Crippen LogP contribution in [0, 0.1) is 5.92 Å². The van der Waals surface area contributed by atoms with Crippen molar-refractivity contribution in [1.29, 1.82) is 0 Å². The van der Waals surface area contributed by atoms with Crippen molar-refractivity contribution in [3.63, 3.8) is 0 Å². The monoisotopic (exact) mass is 472 g/mol. The van der Waals surface area contributed by atoms with Gasteiger partial charge in [-0.25, -0.2) is 4.98 Å². The zero-order valence-electron chi connectivity index (χ0n) is 19.1. The molecular formula is C24H32N4O2S2. The molecule has 3 heterocycles. The van der Waals surface area contributed by atoms with Gasteiger partial charge in [-0.1, -0.05) is 82.9 Å². The van der Waals surface area contributed by atoms with E-state index < -0.39 is 0 Å². The Kier molecular flexibility index (Phi) is 8.87. The summed E-state index contributed by atoms with van der Waals surface area (Å²) < 4.78 is 2.06. The highest BCUT2D eigenvalue weighted by Gasteiger charge is 2.32. The van der Waals surface area contributed by atoms with Crippen molar-refractivity contribution in [3.05, 3.63) is 45.2 Å². The summed E-state index contributed by atoms with van der Waals surface area (Å²) in [6, 6.07) is 5.44. The number of thioether (sulfide) groups is 1. The number of hydrogen-bond acceptors (Lipinski definition) is 6. The predicted molar refractivity (Wildman–Crippen MR) is 138 cm³/mol. The summed E-state index contributed by atoms with van der Waals surface area (Å²) in [6.07, 6.45) is 10.3. The second kappa shape index (κ2) is 11.6. The van der Waals surface area contributed by atoms with Gasteiger partial charge in [-0.2, -0.15) is 0 Å². The first-order valence-electron chi connectivity index (χ1n) is 11.4. The van der Waals surface area contributed by atoms with E-state index in [1.54, 1.807) is 29.3 Å². The van der Waals surface area contributed by atoms with E-state index in [4.69, 9.17) is 12.2 Å². The molecule has 172 valence electrons. The first kappa shape index (κ1) is 24.5. The molecule has 8 heteroatoms. The predicted octanol–water partition coefficient (Wildman–Crippen LogP) is 5.32. The maximum Gasteiger partial charge on any atom is 0.267 e. The number of rotatable bonds is 11. The maximum absolute atomic E-state index is 13.2. The Bertz CT molecular complexity index is 1060. The van der Waals surface area contributed by atoms with Crippen LogP contribution in [-0.2, 0) is 4.79 Å². The van der Waals surface area contributed by atoms with Gasteiger partial charge >= 0.3 is 0 Å².